The minimum Gasteiger partial charge on any atom is -0.507 e. The van der Waals surface area contributed by atoms with Gasteiger partial charge in [-0.3, -0.25) is 0 Å². The Morgan fingerprint density at radius 3 is 2.60 bits per heavy atom. The third kappa shape index (κ3) is 4.88. The number of rotatable bonds is 7. The molecule has 2 N–H and O–H groups in total. The molecule has 0 radical (unpaired) electrons. The summed E-state index contributed by atoms with van der Waals surface area (Å²) in [5, 5.41) is 20.2. The summed E-state index contributed by atoms with van der Waals surface area (Å²) in [6, 6.07) is 1.72. The summed E-state index contributed by atoms with van der Waals surface area (Å²) in [5.41, 5.74) is 1.94. The van der Waals surface area contributed by atoms with Gasteiger partial charge in [-0.05, 0) is 50.2 Å². The summed E-state index contributed by atoms with van der Waals surface area (Å²) in [6.07, 6.45) is 11.0. The standard InChI is InChI=1S/C21H28O4/c1-14(2)9-12-17-18(25-3)13-16(19(20(17)22)21(23)24)11-10-15-7-5-4-6-8-15/h10-11,13,15,22H,1,4-9,12H2,2-3H3,(H,23,24)/b11-10+. The summed E-state index contributed by atoms with van der Waals surface area (Å²) >= 11 is 0. The molecule has 0 saturated heterocycles. The molecule has 0 heterocycles. The second-order valence-electron chi connectivity index (χ2n) is 6.89. The van der Waals surface area contributed by atoms with E-state index in [0.717, 1.165) is 18.4 Å². The topological polar surface area (TPSA) is 66.8 Å². The molecule has 0 spiro atoms. The van der Waals surface area contributed by atoms with Gasteiger partial charge in [0.2, 0.25) is 0 Å². The highest BCUT2D eigenvalue weighted by atomic mass is 16.5. The molecule has 1 aliphatic rings. The number of carboxylic acids is 1. The Morgan fingerprint density at radius 2 is 2.04 bits per heavy atom. The third-order valence-corrected chi connectivity index (χ3v) is 4.83. The SMILES string of the molecule is C=C(C)CCc1c(OC)cc(/C=C/C2CCCCC2)c(C(=O)O)c1O. The van der Waals surface area contributed by atoms with Gasteiger partial charge in [0.05, 0.1) is 7.11 Å². The molecule has 0 atom stereocenters. The van der Waals surface area contributed by atoms with Crippen LogP contribution >= 0.6 is 0 Å². The number of benzene rings is 1. The average Bonchev–Trinajstić information content (AvgIpc) is 2.58. The normalized spacial score (nSPS) is 15.4. The number of methoxy groups -OCH3 is 1. The Bertz CT molecular complexity index is 667. The van der Waals surface area contributed by atoms with Crippen LogP contribution in [0.25, 0.3) is 6.08 Å². The van der Waals surface area contributed by atoms with E-state index in [1.54, 1.807) is 6.07 Å². The maximum absolute atomic E-state index is 11.7. The smallest absolute Gasteiger partial charge is 0.340 e. The molecule has 0 aliphatic heterocycles. The van der Waals surface area contributed by atoms with E-state index in [1.165, 1.54) is 26.4 Å². The molecule has 1 aromatic carbocycles. The second-order valence-corrected chi connectivity index (χ2v) is 6.89. The van der Waals surface area contributed by atoms with Crippen LogP contribution in [0.15, 0.2) is 24.3 Å². The highest BCUT2D eigenvalue weighted by Gasteiger charge is 2.22. The van der Waals surface area contributed by atoms with Gasteiger partial charge in [-0.1, -0.05) is 37.0 Å². The fraction of sp³-hybridized carbons (Fsp3) is 0.476. The number of carboxylic acid groups (broad SMARTS) is 1. The molecule has 0 aromatic heterocycles. The van der Waals surface area contributed by atoms with E-state index >= 15 is 0 Å². The molecular formula is C21H28O4. The molecular weight excluding hydrogens is 316 g/mol. The summed E-state index contributed by atoms with van der Waals surface area (Å²) in [6.45, 7) is 5.77. The van der Waals surface area contributed by atoms with Gasteiger partial charge >= 0.3 is 5.97 Å². The largest absolute Gasteiger partial charge is 0.507 e. The number of hydrogen-bond donors (Lipinski definition) is 2. The zero-order valence-corrected chi connectivity index (χ0v) is 15.2. The quantitative estimate of drug-likeness (QED) is 0.667. The maximum Gasteiger partial charge on any atom is 0.340 e. The van der Waals surface area contributed by atoms with Crippen LogP contribution in [-0.2, 0) is 6.42 Å². The fourth-order valence-electron chi connectivity index (χ4n) is 3.39. The van der Waals surface area contributed by atoms with Crippen molar-refractivity contribution >= 4 is 12.0 Å². The van der Waals surface area contributed by atoms with Crippen LogP contribution in [0, 0.1) is 5.92 Å². The van der Waals surface area contributed by atoms with Gasteiger partial charge in [0.25, 0.3) is 0 Å². The van der Waals surface area contributed by atoms with Crippen LogP contribution in [0.5, 0.6) is 11.5 Å². The van der Waals surface area contributed by atoms with Crippen molar-refractivity contribution < 1.29 is 19.7 Å². The third-order valence-electron chi connectivity index (χ3n) is 4.83. The number of aromatic hydroxyl groups is 1. The van der Waals surface area contributed by atoms with E-state index in [9.17, 15) is 15.0 Å². The number of allylic oxidation sites excluding steroid dienone is 2. The Balaban J connectivity index is 2.40. The molecule has 0 amide bonds. The number of aromatic carboxylic acids is 1. The zero-order valence-electron chi connectivity index (χ0n) is 15.2. The molecule has 1 saturated carbocycles. The van der Waals surface area contributed by atoms with Crippen molar-refractivity contribution in [1.29, 1.82) is 0 Å². The lowest BCUT2D eigenvalue weighted by atomic mass is 9.88. The first-order valence-corrected chi connectivity index (χ1v) is 8.92. The summed E-state index contributed by atoms with van der Waals surface area (Å²) in [5.74, 6) is -0.324. The van der Waals surface area contributed by atoms with Crippen LogP contribution in [0.4, 0.5) is 0 Å². The fourth-order valence-corrected chi connectivity index (χ4v) is 3.39. The summed E-state index contributed by atoms with van der Waals surface area (Å²) in [4.78, 5) is 11.7. The zero-order chi connectivity index (χ0) is 18.4. The van der Waals surface area contributed by atoms with Crippen molar-refractivity contribution in [1.82, 2.24) is 0 Å². The highest BCUT2D eigenvalue weighted by molar-refractivity contribution is 5.96. The van der Waals surface area contributed by atoms with Crippen molar-refractivity contribution in [2.24, 2.45) is 5.92 Å². The van der Waals surface area contributed by atoms with Crippen LogP contribution in [0.2, 0.25) is 0 Å². The lowest BCUT2D eigenvalue weighted by Gasteiger charge is -2.18. The Hall–Kier alpha value is -2.23. The van der Waals surface area contributed by atoms with E-state index in [2.05, 4.69) is 12.7 Å². The maximum atomic E-state index is 11.7. The van der Waals surface area contributed by atoms with Gasteiger partial charge in [-0.25, -0.2) is 4.79 Å². The van der Waals surface area contributed by atoms with Crippen LogP contribution in [0.3, 0.4) is 0 Å². The van der Waals surface area contributed by atoms with Crippen molar-refractivity contribution in [3.8, 4) is 11.5 Å². The first-order chi connectivity index (χ1) is 11.9. The Labute approximate surface area is 149 Å². The Kier molecular flexibility index (Phi) is 6.68. The molecule has 4 nitrogen and oxygen atoms in total. The van der Waals surface area contributed by atoms with Gasteiger partial charge in [0.1, 0.15) is 17.1 Å². The molecule has 25 heavy (non-hydrogen) atoms. The van der Waals surface area contributed by atoms with Gasteiger partial charge in [0, 0.05) is 5.56 Å². The van der Waals surface area contributed by atoms with Gasteiger partial charge in [-0.2, -0.15) is 0 Å². The lowest BCUT2D eigenvalue weighted by molar-refractivity contribution is 0.0693. The molecule has 1 aromatic rings. The first kappa shape index (κ1) is 19.1. The van der Waals surface area contributed by atoms with Gasteiger partial charge < -0.3 is 14.9 Å². The average molecular weight is 344 g/mol. The second kappa shape index (κ2) is 8.75. The molecule has 1 aliphatic carbocycles. The van der Waals surface area contributed by atoms with Crippen LogP contribution in [-0.4, -0.2) is 23.3 Å². The predicted octanol–water partition coefficient (Wildman–Crippen LogP) is 5.20. The minimum atomic E-state index is -1.12. The minimum absolute atomic E-state index is 0.0513. The molecule has 2 rings (SSSR count). The van der Waals surface area contributed by atoms with E-state index in [-0.39, 0.29) is 11.3 Å². The number of carbonyl (C=O) groups is 1. The lowest BCUT2D eigenvalue weighted by Crippen LogP contribution is -2.06. The predicted molar refractivity (Wildman–Crippen MR) is 100 cm³/mol. The monoisotopic (exact) mass is 344 g/mol. The summed E-state index contributed by atoms with van der Waals surface area (Å²) in [7, 11) is 1.54. The molecule has 136 valence electrons. The van der Waals surface area contributed by atoms with E-state index in [4.69, 9.17) is 4.74 Å². The molecule has 0 unspecified atom stereocenters. The Morgan fingerprint density at radius 1 is 1.36 bits per heavy atom. The van der Waals surface area contributed by atoms with Crippen molar-refractivity contribution in [3.63, 3.8) is 0 Å². The molecule has 0 bridgehead atoms. The van der Waals surface area contributed by atoms with Gasteiger partial charge in [0.15, 0.2) is 0 Å². The number of hydrogen-bond acceptors (Lipinski definition) is 3. The molecule has 1 fully saturated rings. The summed E-state index contributed by atoms with van der Waals surface area (Å²) < 4.78 is 5.41. The van der Waals surface area contributed by atoms with E-state index in [0.29, 0.717) is 35.6 Å². The van der Waals surface area contributed by atoms with Crippen molar-refractivity contribution in [3.05, 3.63) is 41.0 Å². The highest BCUT2D eigenvalue weighted by Crippen LogP contribution is 2.37. The first-order valence-electron chi connectivity index (χ1n) is 8.92. The van der Waals surface area contributed by atoms with E-state index < -0.39 is 5.97 Å². The van der Waals surface area contributed by atoms with E-state index in [1.807, 2.05) is 13.0 Å². The van der Waals surface area contributed by atoms with Gasteiger partial charge in [-0.15, -0.1) is 6.58 Å². The molecule has 4 heteroatoms. The van der Waals surface area contributed by atoms with Crippen molar-refractivity contribution in [2.75, 3.05) is 7.11 Å². The number of ether oxygens (including phenoxy) is 1. The van der Waals surface area contributed by atoms with Crippen molar-refractivity contribution in [2.45, 2.75) is 51.9 Å². The van der Waals surface area contributed by atoms with Crippen LogP contribution < -0.4 is 4.74 Å². The van der Waals surface area contributed by atoms with Crippen LogP contribution in [0.1, 0.15) is 66.9 Å². The number of phenols is 1.